The molecule has 0 radical (unpaired) electrons. The molecule has 2 aromatic carbocycles. The van der Waals surface area contributed by atoms with Crippen LogP contribution in [0.15, 0.2) is 60.0 Å². The highest BCUT2D eigenvalue weighted by Gasteiger charge is 2.32. The molecule has 0 fully saturated rings. The van der Waals surface area contributed by atoms with E-state index in [1.165, 1.54) is 28.2 Å². The van der Waals surface area contributed by atoms with Crippen molar-refractivity contribution in [3.8, 4) is 0 Å². The van der Waals surface area contributed by atoms with Crippen molar-refractivity contribution in [2.75, 3.05) is 6.54 Å². The van der Waals surface area contributed by atoms with Gasteiger partial charge in [0.2, 0.25) is 0 Å². The number of benzene rings is 2. The summed E-state index contributed by atoms with van der Waals surface area (Å²) >= 11 is 1.21. The number of hydrogen-bond donors (Lipinski definition) is 0. The number of rotatable bonds is 3. The van der Waals surface area contributed by atoms with Crippen LogP contribution >= 0.6 is 11.5 Å². The third-order valence-electron chi connectivity index (χ3n) is 4.52. The van der Waals surface area contributed by atoms with E-state index < -0.39 is 0 Å². The monoisotopic (exact) mass is 335 g/mol. The summed E-state index contributed by atoms with van der Waals surface area (Å²) in [4.78, 5) is 14.9. The van der Waals surface area contributed by atoms with Gasteiger partial charge in [-0.1, -0.05) is 59.1 Å². The van der Waals surface area contributed by atoms with E-state index >= 15 is 0 Å². The Hall–Kier alpha value is -2.53. The second-order valence-corrected chi connectivity index (χ2v) is 6.55. The minimum Gasteiger partial charge on any atom is -0.330 e. The van der Waals surface area contributed by atoms with Gasteiger partial charge in [-0.3, -0.25) is 4.79 Å². The van der Waals surface area contributed by atoms with Gasteiger partial charge in [0.05, 0.1) is 6.04 Å². The standard InChI is InChI=1S/C19H17N3OS/c23-19(17-13-24-21-20-17)22-11-10-15-8-4-5-9-16(15)18(22)12-14-6-2-1-3-7-14/h1-9,13,18H,10-12H2. The topological polar surface area (TPSA) is 46.1 Å². The van der Waals surface area contributed by atoms with Crippen molar-refractivity contribution < 1.29 is 4.79 Å². The first-order valence-corrected chi connectivity index (χ1v) is 8.86. The predicted octanol–water partition coefficient (Wildman–Crippen LogP) is 3.52. The molecular weight excluding hydrogens is 318 g/mol. The molecule has 0 N–H and O–H groups in total. The summed E-state index contributed by atoms with van der Waals surface area (Å²) in [5.41, 5.74) is 4.24. The van der Waals surface area contributed by atoms with Gasteiger partial charge in [-0.05, 0) is 41.1 Å². The maximum Gasteiger partial charge on any atom is 0.275 e. The zero-order valence-electron chi connectivity index (χ0n) is 13.1. The van der Waals surface area contributed by atoms with E-state index in [4.69, 9.17) is 0 Å². The van der Waals surface area contributed by atoms with Crippen molar-refractivity contribution in [2.45, 2.75) is 18.9 Å². The third-order valence-corrected chi connectivity index (χ3v) is 5.03. The lowest BCUT2D eigenvalue weighted by Crippen LogP contribution is -2.41. The van der Waals surface area contributed by atoms with Gasteiger partial charge in [0.1, 0.15) is 0 Å². The maximum absolute atomic E-state index is 12.9. The molecule has 0 spiro atoms. The molecule has 24 heavy (non-hydrogen) atoms. The molecule has 5 heteroatoms. The van der Waals surface area contributed by atoms with Gasteiger partial charge in [-0.25, -0.2) is 0 Å². The van der Waals surface area contributed by atoms with E-state index in [9.17, 15) is 4.79 Å². The number of amides is 1. The van der Waals surface area contributed by atoms with Crippen molar-refractivity contribution >= 4 is 17.4 Å². The fourth-order valence-electron chi connectivity index (χ4n) is 3.36. The first-order chi connectivity index (χ1) is 11.8. The zero-order chi connectivity index (χ0) is 16.4. The fourth-order valence-corrected chi connectivity index (χ4v) is 3.79. The Morgan fingerprint density at radius 1 is 1.12 bits per heavy atom. The van der Waals surface area contributed by atoms with E-state index in [0.717, 1.165) is 12.8 Å². The molecule has 0 saturated heterocycles. The van der Waals surface area contributed by atoms with E-state index in [0.29, 0.717) is 12.2 Å². The van der Waals surface area contributed by atoms with Crippen molar-refractivity contribution in [2.24, 2.45) is 0 Å². The van der Waals surface area contributed by atoms with Crippen LogP contribution in [0, 0.1) is 0 Å². The second kappa shape index (κ2) is 6.53. The lowest BCUT2D eigenvalue weighted by molar-refractivity contribution is 0.0654. The van der Waals surface area contributed by atoms with Gasteiger partial charge in [-0.2, -0.15) is 0 Å². The van der Waals surface area contributed by atoms with Crippen LogP contribution in [0.5, 0.6) is 0 Å². The summed E-state index contributed by atoms with van der Waals surface area (Å²) in [6.45, 7) is 0.713. The van der Waals surface area contributed by atoms with Crippen LogP contribution in [-0.2, 0) is 12.8 Å². The van der Waals surface area contributed by atoms with Crippen LogP contribution in [-0.4, -0.2) is 26.9 Å². The highest BCUT2D eigenvalue weighted by atomic mass is 32.1. The molecule has 0 bridgehead atoms. The van der Waals surface area contributed by atoms with Gasteiger partial charge < -0.3 is 4.90 Å². The average molecular weight is 335 g/mol. The van der Waals surface area contributed by atoms with Crippen LogP contribution in [0.4, 0.5) is 0 Å². The Labute approximate surface area is 144 Å². The SMILES string of the molecule is O=C(c1csnn1)N1CCc2ccccc2C1Cc1ccccc1. The first kappa shape index (κ1) is 15.0. The number of hydrogen-bond acceptors (Lipinski definition) is 4. The summed E-state index contributed by atoms with van der Waals surface area (Å²) in [7, 11) is 0. The van der Waals surface area contributed by atoms with Gasteiger partial charge in [-0.15, -0.1) is 5.10 Å². The van der Waals surface area contributed by atoms with Gasteiger partial charge >= 0.3 is 0 Å². The summed E-state index contributed by atoms with van der Waals surface area (Å²) in [5, 5.41) is 5.69. The molecular formula is C19H17N3OS. The lowest BCUT2D eigenvalue weighted by Gasteiger charge is -2.37. The highest BCUT2D eigenvalue weighted by Crippen LogP contribution is 2.33. The molecule has 1 unspecified atom stereocenters. The van der Waals surface area contributed by atoms with Crippen molar-refractivity contribution in [3.63, 3.8) is 0 Å². The van der Waals surface area contributed by atoms with Gasteiger partial charge in [0.25, 0.3) is 5.91 Å². The Bertz CT molecular complexity index is 833. The van der Waals surface area contributed by atoms with Crippen molar-refractivity contribution in [1.82, 2.24) is 14.5 Å². The molecule has 4 nitrogen and oxygen atoms in total. The molecule has 120 valence electrons. The normalized spacial score (nSPS) is 16.7. The molecule has 1 aromatic heterocycles. The number of nitrogens with zero attached hydrogens (tertiary/aromatic N) is 3. The minimum atomic E-state index is -0.0285. The highest BCUT2D eigenvalue weighted by molar-refractivity contribution is 7.03. The molecule has 1 aliphatic rings. The molecule has 0 saturated carbocycles. The summed E-state index contributed by atoms with van der Waals surface area (Å²) in [5.74, 6) is -0.0285. The van der Waals surface area contributed by atoms with E-state index in [1.54, 1.807) is 5.38 Å². The zero-order valence-corrected chi connectivity index (χ0v) is 13.9. The quantitative estimate of drug-likeness (QED) is 0.736. The molecule has 4 rings (SSSR count). The van der Waals surface area contributed by atoms with Crippen LogP contribution in [0.2, 0.25) is 0 Å². The van der Waals surface area contributed by atoms with Gasteiger partial charge in [0, 0.05) is 11.9 Å². The van der Waals surface area contributed by atoms with Crippen LogP contribution in [0.25, 0.3) is 0 Å². The van der Waals surface area contributed by atoms with Gasteiger partial charge in [0.15, 0.2) is 5.69 Å². The molecule has 1 atom stereocenters. The van der Waals surface area contributed by atoms with E-state index in [1.807, 2.05) is 23.1 Å². The molecule has 1 amide bonds. The predicted molar refractivity (Wildman–Crippen MR) is 94.0 cm³/mol. The number of carbonyl (C=O) groups excluding carboxylic acids is 1. The Balaban J connectivity index is 1.71. The van der Waals surface area contributed by atoms with E-state index in [2.05, 4.69) is 46.0 Å². The summed E-state index contributed by atoms with van der Waals surface area (Å²) in [6, 6.07) is 18.8. The number of carbonyl (C=O) groups is 1. The largest absolute Gasteiger partial charge is 0.330 e. The second-order valence-electron chi connectivity index (χ2n) is 5.94. The first-order valence-electron chi connectivity index (χ1n) is 8.02. The third kappa shape index (κ3) is 2.83. The summed E-state index contributed by atoms with van der Waals surface area (Å²) in [6.07, 6.45) is 1.69. The van der Waals surface area contributed by atoms with Crippen molar-refractivity contribution in [1.29, 1.82) is 0 Å². The number of fused-ring (bicyclic) bond motifs is 1. The average Bonchev–Trinajstić information content (AvgIpc) is 3.17. The van der Waals surface area contributed by atoms with Crippen LogP contribution < -0.4 is 0 Å². The Kier molecular flexibility index (Phi) is 4.09. The van der Waals surface area contributed by atoms with Crippen molar-refractivity contribution in [3.05, 3.63) is 82.4 Å². The van der Waals surface area contributed by atoms with Crippen LogP contribution in [0.3, 0.4) is 0 Å². The number of aromatic nitrogens is 2. The Morgan fingerprint density at radius 3 is 2.71 bits per heavy atom. The summed E-state index contributed by atoms with van der Waals surface area (Å²) < 4.78 is 3.84. The molecule has 0 aliphatic carbocycles. The maximum atomic E-state index is 12.9. The smallest absolute Gasteiger partial charge is 0.275 e. The minimum absolute atomic E-state index is 0.0285. The lowest BCUT2D eigenvalue weighted by atomic mass is 9.88. The molecule has 2 heterocycles. The fraction of sp³-hybridized carbons (Fsp3) is 0.211. The molecule has 1 aliphatic heterocycles. The van der Waals surface area contributed by atoms with Crippen LogP contribution in [0.1, 0.15) is 33.2 Å². The van der Waals surface area contributed by atoms with E-state index in [-0.39, 0.29) is 11.9 Å². The molecule has 3 aromatic rings. The Morgan fingerprint density at radius 2 is 1.92 bits per heavy atom.